The zero-order chi connectivity index (χ0) is 16.9. The lowest BCUT2D eigenvalue weighted by atomic mass is 10.2. The molecule has 0 aliphatic rings. The highest BCUT2D eigenvalue weighted by atomic mass is 32.1. The van der Waals surface area contributed by atoms with Crippen LogP contribution >= 0.6 is 11.3 Å². The number of rotatable bonds is 6. The summed E-state index contributed by atoms with van der Waals surface area (Å²) in [6, 6.07) is 13.6. The van der Waals surface area contributed by atoms with E-state index in [-0.39, 0.29) is 11.4 Å². The molecular weight excluding hydrogens is 320 g/mol. The second-order valence-corrected chi connectivity index (χ2v) is 6.62. The first kappa shape index (κ1) is 16.4. The van der Waals surface area contributed by atoms with E-state index in [1.165, 1.54) is 5.56 Å². The molecule has 1 heterocycles. The Morgan fingerprint density at radius 2 is 2.00 bits per heavy atom. The Balaban J connectivity index is 2.14. The van der Waals surface area contributed by atoms with Crippen LogP contribution in [0.1, 0.15) is 25.3 Å². The summed E-state index contributed by atoms with van der Waals surface area (Å²) in [5.74, 6) is 0.0252. The van der Waals surface area contributed by atoms with Crippen molar-refractivity contribution in [3.8, 4) is 5.75 Å². The number of benzene rings is 2. The van der Waals surface area contributed by atoms with Crippen molar-refractivity contribution in [2.45, 2.75) is 26.3 Å². The number of phenolic OH excluding ortho intramolecular Hbond substituents is 1. The molecule has 0 bridgehead atoms. The summed E-state index contributed by atoms with van der Waals surface area (Å²) in [4.78, 5) is 5.67. The minimum Gasteiger partial charge on any atom is -0.506 e. The van der Waals surface area contributed by atoms with E-state index in [0.29, 0.717) is 6.54 Å². The zero-order valence-electron chi connectivity index (χ0n) is 13.6. The summed E-state index contributed by atoms with van der Waals surface area (Å²) < 4.78 is 3.10. The fourth-order valence-corrected chi connectivity index (χ4v) is 3.62. The first-order valence-corrected chi connectivity index (χ1v) is 8.82. The number of aromatic nitrogens is 1. The van der Waals surface area contributed by atoms with Crippen molar-refractivity contribution < 1.29 is 5.11 Å². The van der Waals surface area contributed by atoms with Crippen molar-refractivity contribution in [2.24, 2.45) is 10.1 Å². The topological polar surface area (TPSA) is 73.7 Å². The molecule has 5 nitrogen and oxygen atoms in total. The Labute approximate surface area is 144 Å². The highest BCUT2D eigenvalue weighted by Crippen LogP contribution is 2.33. The first-order chi connectivity index (χ1) is 11.7. The van der Waals surface area contributed by atoms with Gasteiger partial charge in [-0.3, -0.25) is 4.99 Å². The van der Waals surface area contributed by atoms with Crippen LogP contribution in [0.2, 0.25) is 0 Å². The Hall–Kier alpha value is -2.47. The van der Waals surface area contributed by atoms with Gasteiger partial charge in [-0.2, -0.15) is 5.11 Å². The summed E-state index contributed by atoms with van der Waals surface area (Å²) in [7, 11) is 0. The van der Waals surface area contributed by atoms with Crippen LogP contribution in [-0.2, 0) is 6.54 Å². The predicted octanol–water partition coefficient (Wildman–Crippen LogP) is 4.82. The molecule has 0 spiro atoms. The van der Waals surface area contributed by atoms with Crippen molar-refractivity contribution in [1.82, 2.24) is 4.57 Å². The maximum atomic E-state index is 10.1. The summed E-state index contributed by atoms with van der Waals surface area (Å²) in [6.07, 6.45) is 2.16. The molecule has 0 unspecified atom stereocenters. The Morgan fingerprint density at radius 3 is 2.71 bits per heavy atom. The van der Waals surface area contributed by atoms with E-state index >= 15 is 0 Å². The number of hydrogen-bond acceptors (Lipinski definition) is 5. The molecular formula is C18H20N4OS. The van der Waals surface area contributed by atoms with Gasteiger partial charge in [0.15, 0.2) is 4.80 Å². The van der Waals surface area contributed by atoms with E-state index in [1.807, 2.05) is 18.2 Å². The Kier molecular flexibility index (Phi) is 5.05. The molecule has 0 saturated carbocycles. The number of hydrogen-bond donors (Lipinski definition) is 2. The summed E-state index contributed by atoms with van der Waals surface area (Å²) in [5, 5.41) is 13.5. The van der Waals surface area contributed by atoms with Gasteiger partial charge in [-0.1, -0.05) is 55.0 Å². The molecule has 6 heteroatoms. The van der Waals surface area contributed by atoms with Gasteiger partial charge >= 0.3 is 0 Å². The fraction of sp³-hybridized carbons (Fsp3) is 0.278. The van der Waals surface area contributed by atoms with E-state index in [1.54, 1.807) is 23.5 Å². The Bertz CT molecular complexity index is 912. The number of unbranched alkanes of at least 4 members (excludes halogenated alkanes) is 1. The average Bonchev–Trinajstić information content (AvgIpc) is 2.92. The number of nitrogens with one attached hydrogen (secondary N) is 1. The van der Waals surface area contributed by atoms with Crippen molar-refractivity contribution in [3.05, 3.63) is 52.8 Å². The van der Waals surface area contributed by atoms with Crippen LogP contribution in [0.4, 0.5) is 5.69 Å². The second kappa shape index (κ2) is 7.40. The van der Waals surface area contributed by atoms with E-state index in [2.05, 4.69) is 28.7 Å². The van der Waals surface area contributed by atoms with Gasteiger partial charge in [-0.05, 0) is 18.1 Å². The van der Waals surface area contributed by atoms with Gasteiger partial charge in [0.1, 0.15) is 11.4 Å². The third-order valence-corrected chi connectivity index (χ3v) is 4.92. The standard InChI is InChI=1S/C18H20N4OS/c1-2-3-9-20-18-22(12-13-7-5-4-6-8-13)15-11-16(23)14(21-19)10-17(15)24-18/h4-8,10-11,19,23H,2-3,9,12H2,1H3. The number of phenols is 1. The molecule has 124 valence electrons. The summed E-state index contributed by atoms with van der Waals surface area (Å²) in [6.45, 7) is 3.64. The average molecular weight is 340 g/mol. The lowest BCUT2D eigenvalue weighted by Crippen LogP contribution is -2.16. The number of aromatic hydroxyl groups is 1. The molecule has 2 aromatic carbocycles. The number of fused-ring (bicyclic) bond motifs is 1. The van der Waals surface area contributed by atoms with Gasteiger partial charge in [0, 0.05) is 12.6 Å². The summed E-state index contributed by atoms with van der Waals surface area (Å²) >= 11 is 1.57. The van der Waals surface area contributed by atoms with Crippen molar-refractivity contribution in [2.75, 3.05) is 6.54 Å². The molecule has 2 N–H and O–H groups in total. The van der Waals surface area contributed by atoms with Crippen LogP contribution in [0.25, 0.3) is 10.2 Å². The quantitative estimate of drug-likeness (QED) is 0.490. The fourth-order valence-electron chi connectivity index (χ4n) is 2.55. The molecule has 0 saturated heterocycles. The lowest BCUT2D eigenvalue weighted by Gasteiger charge is -2.06. The molecule has 0 fully saturated rings. The van der Waals surface area contributed by atoms with Crippen molar-refractivity contribution >= 4 is 27.2 Å². The van der Waals surface area contributed by atoms with Crippen molar-refractivity contribution in [3.63, 3.8) is 0 Å². The highest BCUT2D eigenvalue weighted by molar-refractivity contribution is 7.16. The predicted molar refractivity (Wildman–Crippen MR) is 97.2 cm³/mol. The van der Waals surface area contributed by atoms with Gasteiger partial charge in [0.2, 0.25) is 0 Å². The Morgan fingerprint density at radius 1 is 1.21 bits per heavy atom. The molecule has 0 amide bonds. The summed E-state index contributed by atoms with van der Waals surface area (Å²) in [5.41, 5.74) is 9.57. The number of thiazole rings is 1. The maximum Gasteiger partial charge on any atom is 0.186 e. The van der Waals surface area contributed by atoms with Crippen LogP contribution < -0.4 is 4.80 Å². The molecule has 3 rings (SSSR count). The monoisotopic (exact) mass is 340 g/mol. The lowest BCUT2D eigenvalue weighted by molar-refractivity contribution is 0.476. The minimum absolute atomic E-state index is 0.0252. The van der Waals surface area contributed by atoms with Crippen LogP contribution in [0.3, 0.4) is 0 Å². The van der Waals surface area contributed by atoms with E-state index < -0.39 is 0 Å². The van der Waals surface area contributed by atoms with Gasteiger partial charge < -0.3 is 9.67 Å². The SMILES string of the molecule is CCCCN=c1sc2cc(N=N)c(O)cc2n1Cc1ccccc1. The van der Waals surface area contributed by atoms with Crippen LogP contribution in [0.5, 0.6) is 5.75 Å². The molecule has 0 atom stereocenters. The van der Waals surface area contributed by atoms with Crippen LogP contribution in [0, 0.1) is 5.53 Å². The third kappa shape index (κ3) is 3.38. The van der Waals surface area contributed by atoms with Crippen LogP contribution in [0.15, 0.2) is 52.6 Å². The minimum atomic E-state index is 0.0252. The van der Waals surface area contributed by atoms with Gasteiger partial charge in [0.25, 0.3) is 0 Å². The molecule has 0 aliphatic heterocycles. The van der Waals surface area contributed by atoms with Gasteiger partial charge in [0.05, 0.1) is 16.8 Å². The van der Waals surface area contributed by atoms with Gasteiger partial charge in [-0.15, -0.1) is 0 Å². The number of nitrogens with zero attached hydrogens (tertiary/aromatic N) is 3. The highest BCUT2D eigenvalue weighted by Gasteiger charge is 2.11. The molecule has 1 aromatic heterocycles. The van der Waals surface area contributed by atoms with Crippen molar-refractivity contribution in [1.29, 1.82) is 5.53 Å². The van der Waals surface area contributed by atoms with Crippen LogP contribution in [-0.4, -0.2) is 16.2 Å². The van der Waals surface area contributed by atoms with Gasteiger partial charge in [-0.25, -0.2) is 5.53 Å². The maximum absolute atomic E-state index is 10.1. The smallest absolute Gasteiger partial charge is 0.186 e. The van der Waals surface area contributed by atoms with E-state index in [0.717, 1.165) is 34.4 Å². The second-order valence-electron chi connectivity index (χ2n) is 5.61. The zero-order valence-corrected chi connectivity index (χ0v) is 14.4. The third-order valence-electron chi connectivity index (χ3n) is 3.84. The van der Waals surface area contributed by atoms with E-state index in [4.69, 9.17) is 10.5 Å². The largest absolute Gasteiger partial charge is 0.506 e. The molecule has 24 heavy (non-hydrogen) atoms. The first-order valence-electron chi connectivity index (χ1n) is 8.01. The molecule has 0 radical (unpaired) electrons. The normalized spacial score (nSPS) is 12.0. The van der Waals surface area contributed by atoms with E-state index in [9.17, 15) is 5.11 Å². The molecule has 3 aromatic rings. The molecule has 0 aliphatic carbocycles.